The van der Waals surface area contributed by atoms with Crippen LogP contribution in [0.25, 0.3) is 0 Å². The monoisotopic (exact) mass is 714 g/mol. The van der Waals surface area contributed by atoms with E-state index in [9.17, 15) is 0 Å². The zero-order valence-corrected chi connectivity index (χ0v) is 36.6. The van der Waals surface area contributed by atoms with Crippen LogP contribution in [0.15, 0.2) is 97.7 Å². The minimum absolute atomic E-state index is 0.280. The summed E-state index contributed by atoms with van der Waals surface area (Å²) in [7, 11) is 0. The minimum atomic E-state index is 0.280. The molecule has 0 aromatic carbocycles. The lowest BCUT2D eigenvalue weighted by Crippen LogP contribution is -2.52. The van der Waals surface area contributed by atoms with Gasteiger partial charge in [-0.25, -0.2) is 0 Å². The normalized spacial score (nSPS) is 35.1. The molecule has 4 saturated carbocycles. The number of hydrogen-bond donors (Lipinski definition) is 1. The van der Waals surface area contributed by atoms with E-state index in [0.717, 1.165) is 41.9 Å². The summed E-state index contributed by atoms with van der Waals surface area (Å²) in [6.45, 7) is 41.4. The van der Waals surface area contributed by atoms with Crippen molar-refractivity contribution in [2.24, 2.45) is 51.8 Å². The molecular weight excluding hydrogens is 627 g/mol. The highest BCUT2D eigenvalue weighted by atomic mass is 14.9. The summed E-state index contributed by atoms with van der Waals surface area (Å²) >= 11 is 0. The second-order valence-electron chi connectivity index (χ2n) is 16.0. The van der Waals surface area contributed by atoms with E-state index < -0.39 is 0 Å². The Morgan fingerprint density at radius 1 is 0.865 bits per heavy atom. The molecule has 0 aromatic heterocycles. The van der Waals surface area contributed by atoms with Gasteiger partial charge in [-0.15, -0.1) is 13.2 Å². The van der Waals surface area contributed by atoms with Crippen LogP contribution in [-0.4, -0.2) is 13.1 Å². The molecule has 1 nitrogen and oxygen atoms in total. The van der Waals surface area contributed by atoms with Crippen LogP contribution in [0, 0.1) is 51.8 Å². The second kappa shape index (κ2) is 24.3. The lowest BCUT2D eigenvalue weighted by atomic mass is 9.44. The molecule has 1 saturated heterocycles. The number of fused-ring (bicyclic) bond motifs is 6. The molecule has 0 bridgehead atoms. The first-order valence-corrected chi connectivity index (χ1v) is 22.1. The number of rotatable bonds is 9. The molecule has 1 aliphatic heterocycles. The standard InChI is InChI=1S/C28H42.C15H23N.3C2H6.C2H4/c1-7-9-15-28(21(4)8-2)18-14-25-23-11-10-22-19-20(3)12-16-26(22,5)24(23)13-17-27(25,28)6;1-2-3-4-5-6-7-8-13-9-14-11-16-12-15(14)10-13;4*1-2/h12,16,19,23-25H,3-4,7-11,13-15,17-18H2,1-2,5-6H3;2-7,13-16H,8-12H2,1H3;3*1-2H3;1-2H2/b;3-2-,5-4-,7-6+;;;;. The van der Waals surface area contributed by atoms with Crippen molar-refractivity contribution in [3.05, 3.63) is 97.7 Å². The smallest absolute Gasteiger partial charge is 0.0100 e. The van der Waals surface area contributed by atoms with Crippen LogP contribution in [0.4, 0.5) is 0 Å². The van der Waals surface area contributed by atoms with E-state index >= 15 is 0 Å². The van der Waals surface area contributed by atoms with E-state index in [1.54, 1.807) is 11.1 Å². The molecule has 6 aliphatic rings. The van der Waals surface area contributed by atoms with Crippen LogP contribution in [0.3, 0.4) is 0 Å². The average molecular weight is 714 g/mol. The molecule has 5 aliphatic carbocycles. The van der Waals surface area contributed by atoms with E-state index in [0.29, 0.717) is 10.8 Å². The summed E-state index contributed by atoms with van der Waals surface area (Å²) < 4.78 is 0. The Morgan fingerprint density at radius 3 is 2.08 bits per heavy atom. The summed E-state index contributed by atoms with van der Waals surface area (Å²) in [5.41, 5.74) is 5.59. The quantitative estimate of drug-likeness (QED) is 0.185. The summed E-state index contributed by atoms with van der Waals surface area (Å²) in [5, 5.41) is 3.50. The lowest BCUT2D eigenvalue weighted by molar-refractivity contribution is -0.0597. The molecule has 1 heterocycles. The largest absolute Gasteiger partial charge is 0.316 e. The third kappa shape index (κ3) is 10.8. The van der Waals surface area contributed by atoms with Gasteiger partial charge in [-0.05, 0) is 143 Å². The predicted octanol–water partition coefficient (Wildman–Crippen LogP) is 15.6. The van der Waals surface area contributed by atoms with Gasteiger partial charge in [-0.3, -0.25) is 0 Å². The van der Waals surface area contributed by atoms with Crippen molar-refractivity contribution in [3.63, 3.8) is 0 Å². The van der Waals surface area contributed by atoms with E-state index in [2.05, 4.69) is 114 Å². The first-order valence-electron chi connectivity index (χ1n) is 22.1. The number of unbranched alkanes of at least 4 members (excludes halogenated alkanes) is 1. The molecule has 0 aromatic rings. The van der Waals surface area contributed by atoms with Crippen LogP contribution in [0.5, 0.6) is 0 Å². The van der Waals surface area contributed by atoms with Gasteiger partial charge in [0.15, 0.2) is 0 Å². The Hall–Kier alpha value is -2.12. The Bertz CT molecular complexity index is 1180. The van der Waals surface area contributed by atoms with Crippen LogP contribution in [0.1, 0.15) is 160 Å². The van der Waals surface area contributed by atoms with Gasteiger partial charge in [-0.2, -0.15) is 0 Å². The van der Waals surface area contributed by atoms with Gasteiger partial charge in [0, 0.05) is 5.41 Å². The number of nitrogens with one attached hydrogen (secondary N) is 1. The molecular formula is C51H87N. The molecule has 5 fully saturated rings. The molecule has 8 unspecified atom stereocenters. The molecule has 1 heteroatoms. The fourth-order valence-electron chi connectivity index (χ4n) is 11.5. The van der Waals surface area contributed by atoms with Crippen LogP contribution in [0.2, 0.25) is 0 Å². The topological polar surface area (TPSA) is 12.0 Å². The van der Waals surface area contributed by atoms with E-state index in [1.807, 2.05) is 48.5 Å². The first kappa shape index (κ1) is 47.9. The van der Waals surface area contributed by atoms with Crippen molar-refractivity contribution in [2.45, 2.75) is 160 Å². The van der Waals surface area contributed by atoms with E-state index in [4.69, 9.17) is 0 Å². The van der Waals surface area contributed by atoms with Crippen LogP contribution in [-0.2, 0) is 0 Å². The molecule has 0 radical (unpaired) electrons. The highest BCUT2D eigenvalue weighted by molar-refractivity contribution is 5.43. The van der Waals surface area contributed by atoms with Gasteiger partial charge >= 0.3 is 0 Å². The van der Waals surface area contributed by atoms with Crippen molar-refractivity contribution in [2.75, 3.05) is 13.1 Å². The maximum absolute atomic E-state index is 4.68. The molecule has 1 N–H and O–H groups in total. The Morgan fingerprint density at radius 2 is 1.48 bits per heavy atom. The van der Waals surface area contributed by atoms with Crippen molar-refractivity contribution >= 4 is 0 Å². The SMILES string of the molecule is C=C.C=C1C=CC2(C)C(=C1)CCC1C2CCC2(C)C1CCC2(CCCC)C(=C)CC.CC.CC.CC.C\C=C/C=C\C=C\CC1CC2CNCC2C1. The van der Waals surface area contributed by atoms with Crippen molar-refractivity contribution < 1.29 is 0 Å². The fourth-order valence-corrected chi connectivity index (χ4v) is 11.5. The zero-order valence-electron chi connectivity index (χ0n) is 36.6. The third-order valence-corrected chi connectivity index (χ3v) is 14.0. The highest BCUT2D eigenvalue weighted by Gasteiger charge is 2.63. The van der Waals surface area contributed by atoms with Crippen LogP contribution >= 0.6 is 0 Å². The predicted molar refractivity (Wildman–Crippen MR) is 238 cm³/mol. The van der Waals surface area contributed by atoms with Crippen LogP contribution < -0.4 is 5.32 Å². The number of allylic oxidation sites excluding steroid dienone is 12. The van der Waals surface area contributed by atoms with Gasteiger partial charge in [-0.1, -0.05) is 161 Å². The van der Waals surface area contributed by atoms with Gasteiger partial charge < -0.3 is 5.32 Å². The summed E-state index contributed by atoms with van der Waals surface area (Å²) in [6, 6.07) is 0. The van der Waals surface area contributed by atoms with Crippen molar-refractivity contribution in [1.29, 1.82) is 0 Å². The highest BCUT2D eigenvalue weighted by Crippen LogP contribution is 2.72. The molecule has 8 atom stereocenters. The fraction of sp³-hybridized carbons (Fsp3) is 0.686. The van der Waals surface area contributed by atoms with Gasteiger partial charge in [0.25, 0.3) is 0 Å². The van der Waals surface area contributed by atoms with Gasteiger partial charge in [0.2, 0.25) is 0 Å². The minimum Gasteiger partial charge on any atom is -0.316 e. The summed E-state index contributed by atoms with van der Waals surface area (Å²) in [4.78, 5) is 0. The summed E-state index contributed by atoms with van der Waals surface area (Å²) in [6.07, 6.45) is 37.8. The van der Waals surface area contributed by atoms with E-state index in [1.165, 1.54) is 95.7 Å². The van der Waals surface area contributed by atoms with Crippen molar-refractivity contribution in [3.8, 4) is 0 Å². The maximum atomic E-state index is 4.68. The van der Waals surface area contributed by atoms with E-state index in [-0.39, 0.29) is 5.41 Å². The molecule has 0 amide bonds. The molecule has 52 heavy (non-hydrogen) atoms. The summed E-state index contributed by atoms with van der Waals surface area (Å²) in [5.74, 6) is 5.53. The third-order valence-electron chi connectivity index (χ3n) is 14.0. The number of hydrogen-bond acceptors (Lipinski definition) is 1. The lowest BCUT2D eigenvalue weighted by Gasteiger charge is -2.60. The zero-order chi connectivity index (χ0) is 39.4. The second-order valence-corrected chi connectivity index (χ2v) is 16.0. The average Bonchev–Trinajstić information content (AvgIpc) is 3.88. The van der Waals surface area contributed by atoms with Gasteiger partial charge in [0.1, 0.15) is 0 Å². The Kier molecular flexibility index (Phi) is 22.4. The Labute approximate surface area is 326 Å². The molecule has 0 spiro atoms. The van der Waals surface area contributed by atoms with Crippen molar-refractivity contribution in [1.82, 2.24) is 5.32 Å². The molecule has 6 rings (SSSR count). The van der Waals surface area contributed by atoms with Gasteiger partial charge in [0.05, 0.1) is 0 Å². The first-order chi connectivity index (χ1) is 25.2. The molecule has 296 valence electrons. The maximum Gasteiger partial charge on any atom is 0.0100 e. The Balaban J connectivity index is 0.000000479.